The molecular formula is C16H23NO4. The minimum atomic E-state index is -0.823. The highest BCUT2D eigenvalue weighted by Gasteiger charge is 2.25. The van der Waals surface area contributed by atoms with Gasteiger partial charge in [-0.2, -0.15) is 0 Å². The van der Waals surface area contributed by atoms with Crippen LogP contribution in [-0.4, -0.2) is 54.4 Å². The summed E-state index contributed by atoms with van der Waals surface area (Å²) in [6.45, 7) is 8.39. The van der Waals surface area contributed by atoms with Gasteiger partial charge in [0.25, 0.3) is 0 Å². The van der Waals surface area contributed by atoms with Crippen LogP contribution in [0, 0.1) is 0 Å². The van der Waals surface area contributed by atoms with Crippen LogP contribution >= 0.6 is 0 Å². The summed E-state index contributed by atoms with van der Waals surface area (Å²) in [5.41, 5.74) is 0.479. The van der Waals surface area contributed by atoms with Crippen molar-refractivity contribution in [2.45, 2.75) is 25.9 Å². The summed E-state index contributed by atoms with van der Waals surface area (Å²) < 4.78 is 11.4. The summed E-state index contributed by atoms with van der Waals surface area (Å²) in [6, 6.07) is 7.27. The molecule has 0 aliphatic carbocycles. The summed E-state index contributed by atoms with van der Waals surface area (Å²) in [5.74, 6) is -0.0567. The molecule has 21 heavy (non-hydrogen) atoms. The SMILES string of the molecule is CC(C)(CN1CCOCC1)Oc1ccc(CC(=O)O)cc1. The van der Waals surface area contributed by atoms with Gasteiger partial charge in [-0.1, -0.05) is 12.1 Å². The lowest BCUT2D eigenvalue weighted by molar-refractivity contribution is -0.136. The van der Waals surface area contributed by atoms with Crippen LogP contribution in [-0.2, 0) is 16.0 Å². The highest BCUT2D eigenvalue weighted by molar-refractivity contribution is 5.70. The lowest BCUT2D eigenvalue weighted by atomic mass is 10.1. The Bertz CT molecular complexity index is 464. The van der Waals surface area contributed by atoms with Crippen LogP contribution in [0.25, 0.3) is 0 Å². The average Bonchev–Trinajstić information content (AvgIpc) is 2.40. The van der Waals surface area contributed by atoms with Gasteiger partial charge in [0.05, 0.1) is 19.6 Å². The van der Waals surface area contributed by atoms with Crippen molar-refractivity contribution in [1.82, 2.24) is 4.90 Å². The molecule has 1 saturated heterocycles. The molecule has 0 radical (unpaired) electrons. The van der Waals surface area contributed by atoms with E-state index in [4.69, 9.17) is 14.6 Å². The standard InChI is InChI=1S/C16H23NO4/c1-16(2,12-17-7-9-20-10-8-17)21-14-5-3-13(4-6-14)11-15(18)19/h3-6H,7-12H2,1-2H3,(H,18,19). The van der Waals surface area contributed by atoms with Crippen molar-refractivity contribution in [3.63, 3.8) is 0 Å². The van der Waals surface area contributed by atoms with Crippen LogP contribution in [0.5, 0.6) is 5.75 Å². The lowest BCUT2D eigenvalue weighted by Gasteiger charge is -2.35. The highest BCUT2D eigenvalue weighted by Crippen LogP contribution is 2.20. The average molecular weight is 293 g/mol. The van der Waals surface area contributed by atoms with Crippen LogP contribution in [0.2, 0.25) is 0 Å². The number of hydrogen-bond donors (Lipinski definition) is 1. The number of rotatable bonds is 6. The van der Waals surface area contributed by atoms with Crippen molar-refractivity contribution >= 4 is 5.97 Å². The first-order chi connectivity index (χ1) is 9.94. The van der Waals surface area contributed by atoms with Gasteiger partial charge in [-0.3, -0.25) is 9.69 Å². The van der Waals surface area contributed by atoms with Gasteiger partial charge in [-0.25, -0.2) is 0 Å². The molecule has 1 aromatic carbocycles. The number of carboxylic acid groups (broad SMARTS) is 1. The first kappa shape index (κ1) is 15.8. The zero-order valence-corrected chi connectivity index (χ0v) is 12.7. The molecule has 1 aliphatic rings. The molecule has 1 aromatic rings. The molecule has 1 heterocycles. The van der Waals surface area contributed by atoms with Gasteiger partial charge in [-0.15, -0.1) is 0 Å². The molecule has 0 amide bonds. The molecule has 1 aliphatic heterocycles. The second-order valence-corrected chi connectivity index (χ2v) is 5.96. The third-order valence-electron chi connectivity index (χ3n) is 3.38. The van der Waals surface area contributed by atoms with Crippen LogP contribution in [0.3, 0.4) is 0 Å². The predicted molar refractivity (Wildman–Crippen MR) is 79.7 cm³/mol. The van der Waals surface area contributed by atoms with Crippen molar-refractivity contribution < 1.29 is 19.4 Å². The van der Waals surface area contributed by atoms with E-state index in [9.17, 15) is 4.79 Å². The van der Waals surface area contributed by atoms with E-state index >= 15 is 0 Å². The number of carboxylic acids is 1. The minimum absolute atomic E-state index is 0.0391. The van der Waals surface area contributed by atoms with Crippen molar-refractivity contribution in [3.05, 3.63) is 29.8 Å². The van der Waals surface area contributed by atoms with E-state index in [0.29, 0.717) is 0 Å². The van der Waals surface area contributed by atoms with Crippen LogP contribution < -0.4 is 4.74 Å². The van der Waals surface area contributed by atoms with Gasteiger partial charge in [0.2, 0.25) is 0 Å². The maximum absolute atomic E-state index is 10.7. The van der Waals surface area contributed by atoms with E-state index in [1.807, 2.05) is 12.1 Å². The maximum atomic E-state index is 10.7. The molecule has 5 heteroatoms. The molecule has 0 spiro atoms. The molecule has 1 N–H and O–H groups in total. The Kier molecular flexibility index (Phi) is 5.20. The normalized spacial score (nSPS) is 16.7. The summed E-state index contributed by atoms with van der Waals surface area (Å²) >= 11 is 0. The van der Waals surface area contributed by atoms with Gasteiger partial charge < -0.3 is 14.6 Å². The van der Waals surface area contributed by atoms with Crippen molar-refractivity contribution in [2.24, 2.45) is 0 Å². The van der Waals surface area contributed by atoms with E-state index in [-0.39, 0.29) is 12.0 Å². The second-order valence-electron chi connectivity index (χ2n) is 5.96. The number of hydrogen-bond acceptors (Lipinski definition) is 4. The van der Waals surface area contributed by atoms with E-state index in [2.05, 4.69) is 18.7 Å². The summed E-state index contributed by atoms with van der Waals surface area (Å²) in [4.78, 5) is 13.0. The van der Waals surface area contributed by atoms with E-state index in [0.717, 1.165) is 44.2 Å². The number of benzene rings is 1. The summed E-state index contributed by atoms with van der Waals surface area (Å²) in [5, 5.41) is 8.76. The fourth-order valence-electron chi connectivity index (χ4n) is 2.50. The topological polar surface area (TPSA) is 59.0 Å². The molecule has 0 bridgehead atoms. The Morgan fingerprint density at radius 2 is 1.90 bits per heavy atom. The fourth-order valence-corrected chi connectivity index (χ4v) is 2.50. The smallest absolute Gasteiger partial charge is 0.307 e. The van der Waals surface area contributed by atoms with Gasteiger partial charge in [0.1, 0.15) is 11.4 Å². The number of carbonyl (C=O) groups is 1. The molecular weight excluding hydrogens is 270 g/mol. The Morgan fingerprint density at radius 3 is 2.48 bits per heavy atom. The lowest BCUT2D eigenvalue weighted by Crippen LogP contribution is -2.47. The number of nitrogens with zero attached hydrogens (tertiary/aromatic N) is 1. The third-order valence-corrected chi connectivity index (χ3v) is 3.38. The molecule has 5 nitrogen and oxygen atoms in total. The summed E-state index contributed by atoms with van der Waals surface area (Å²) in [7, 11) is 0. The zero-order valence-electron chi connectivity index (χ0n) is 12.7. The third kappa shape index (κ3) is 5.36. The molecule has 0 aromatic heterocycles. The fraction of sp³-hybridized carbons (Fsp3) is 0.562. The van der Waals surface area contributed by atoms with Gasteiger partial charge in [-0.05, 0) is 31.5 Å². The Morgan fingerprint density at radius 1 is 1.29 bits per heavy atom. The molecule has 116 valence electrons. The highest BCUT2D eigenvalue weighted by atomic mass is 16.5. The Labute approximate surface area is 125 Å². The van der Waals surface area contributed by atoms with Crippen molar-refractivity contribution in [2.75, 3.05) is 32.8 Å². The van der Waals surface area contributed by atoms with E-state index < -0.39 is 5.97 Å². The van der Waals surface area contributed by atoms with Gasteiger partial charge >= 0.3 is 5.97 Å². The molecule has 2 rings (SSSR count). The largest absolute Gasteiger partial charge is 0.487 e. The van der Waals surface area contributed by atoms with Crippen LogP contribution in [0.15, 0.2) is 24.3 Å². The summed E-state index contributed by atoms with van der Waals surface area (Å²) in [6.07, 6.45) is 0.0391. The first-order valence-corrected chi connectivity index (χ1v) is 7.24. The molecule has 1 fully saturated rings. The monoisotopic (exact) mass is 293 g/mol. The molecule has 0 atom stereocenters. The van der Waals surface area contributed by atoms with E-state index in [1.165, 1.54) is 0 Å². The first-order valence-electron chi connectivity index (χ1n) is 7.24. The number of morpholine rings is 1. The quantitative estimate of drug-likeness (QED) is 0.866. The van der Waals surface area contributed by atoms with Crippen molar-refractivity contribution in [1.29, 1.82) is 0 Å². The van der Waals surface area contributed by atoms with Crippen molar-refractivity contribution in [3.8, 4) is 5.75 Å². The maximum Gasteiger partial charge on any atom is 0.307 e. The minimum Gasteiger partial charge on any atom is -0.487 e. The molecule has 0 saturated carbocycles. The van der Waals surface area contributed by atoms with E-state index in [1.54, 1.807) is 12.1 Å². The van der Waals surface area contributed by atoms with Gasteiger partial charge in [0, 0.05) is 19.6 Å². The molecule has 0 unspecified atom stereocenters. The van der Waals surface area contributed by atoms with Gasteiger partial charge in [0.15, 0.2) is 0 Å². The Balaban J connectivity index is 1.90. The second kappa shape index (κ2) is 6.91. The van der Waals surface area contributed by atoms with Crippen LogP contribution in [0.1, 0.15) is 19.4 Å². The zero-order chi connectivity index (χ0) is 15.3. The number of aliphatic carboxylic acids is 1. The van der Waals surface area contributed by atoms with Crippen LogP contribution in [0.4, 0.5) is 0 Å². The predicted octanol–water partition coefficient (Wildman–Crippen LogP) is 1.80. The number of ether oxygens (including phenoxy) is 2. The Hall–Kier alpha value is -1.59.